The van der Waals surface area contributed by atoms with Crippen molar-refractivity contribution in [3.8, 4) is 0 Å². The van der Waals surface area contributed by atoms with Crippen molar-refractivity contribution in [3.05, 3.63) is 22.4 Å². The molecule has 0 saturated heterocycles. The zero-order valence-electron chi connectivity index (χ0n) is 9.44. The maximum absolute atomic E-state index is 11.7. The van der Waals surface area contributed by atoms with E-state index in [4.69, 9.17) is 5.73 Å². The number of hydrogen-bond donors (Lipinski definition) is 2. The van der Waals surface area contributed by atoms with E-state index < -0.39 is 0 Å². The molecule has 1 heterocycles. The normalized spacial score (nSPS) is 11.6. The Morgan fingerprint density at radius 1 is 1.62 bits per heavy atom. The largest absolute Gasteiger partial charge is 0.347 e. The predicted molar refractivity (Wildman–Crippen MR) is 71.4 cm³/mol. The highest BCUT2D eigenvalue weighted by Crippen LogP contribution is 2.09. The SMILES string of the molecule is CCCCC(CN)NC(=O)c1cccs1.Cl. The molecule has 1 atom stereocenters. The molecule has 0 aliphatic rings. The van der Waals surface area contributed by atoms with Gasteiger partial charge in [0.25, 0.3) is 5.91 Å². The Kier molecular flexibility index (Phi) is 8.25. The molecule has 1 unspecified atom stereocenters. The molecule has 1 rings (SSSR count). The van der Waals surface area contributed by atoms with Crippen LogP contribution >= 0.6 is 23.7 Å². The van der Waals surface area contributed by atoms with Crippen LogP contribution in [0.4, 0.5) is 0 Å². The van der Waals surface area contributed by atoms with Crippen molar-refractivity contribution in [1.82, 2.24) is 5.32 Å². The van der Waals surface area contributed by atoms with Crippen molar-refractivity contribution in [2.24, 2.45) is 5.73 Å². The van der Waals surface area contributed by atoms with Gasteiger partial charge < -0.3 is 11.1 Å². The molecule has 1 aromatic heterocycles. The van der Waals surface area contributed by atoms with Gasteiger partial charge in [0.1, 0.15) is 0 Å². The first kappa shape index (κ1) is 15.4. The number of amides is 1. The minimum atomic E-state index is -0.00319. The third-order valence-electron chi connectivity index (χ3n) is 2.27. The number of carbonyl (C=O) groups is 1. The Morgan fingerprint density at radius 3 is 2.88 bits per heavy atom. The van der Waals surface area contributed by atoms with Gasteiger partial charge in [0.05, 0.1) is 4.88 Å². The van der Waals surface area contributed by atoms with Crippen LogP contribution in [-0.4, -0.2) is 18.5 Å². The fourth-order valence-corrected chi connectivity index (χ4v) is 1.99. The Labute approximate surface area is 107 Å². The topological polar surface area (TPSA) is 55.1 Å². The van der Waals surface area contributed by atoms with Gasteiger partial charge in [0, 0.05) is 12.6 Å². The highest BCUT2D eigenvalue weighted by molar-refractivity contribution is 7.12. The van der Waals surface area contributed by atoms with Gasteiger partial charge in [-0.2, -0.15) is 0 Å². The maximum Gasteiger partial charge on any atom is 0.261 e. The molecular formula is C11H19ClN2OS. The summed E-state index contributed by atoms with van der Waals surface area (Å²) in [5.74, 6) is -0.00319. The van der Waals surface area contributed by atoms with E-state index in [0.717, 1.165) is 24.1 Å². The minimum absolute atomic E-state index is 0. The smallest absolute Gasteiger partial charge is 0.261 e. The average molecular weight is 263 g/mol. The lowest BCUT2D eigenvalue weighted by Crippen LogP contribution is -2.39. The van der Waals surface area contributed by atoms with E-state index in [1.807, 2.05) is 17.5 Å². The molecule has 92 valence electrons. The van der Waals surface area contributed by atoms with Gasteiger partial charge in [-0.25, -0.2) is 0 Å². The molecule has 16 heavy (non-hydrogen) atoms. The molecule has 0 aromatic carbocycles. The summed E-state index contributed by atoms with van der Waals surface area (Å²) in [5.41, 5.74) is 5.60. The summed E-state index contributed by atoms with van der Waals surface area (Å²) in [7, 11) is 0. The van der Waals surface area contributed by atoms with Gasteiger partial charge in [-0.15, -0.1) is 23.7 Å². The Balaban J connectivity index is 0.00000225. The van der Waals surface area contributed by atoms with Crippen LogP contribution in [0.2, 0.25) is 0 Å². The zero-order valence-corrected chi connectivity index (χ0v) is 11.1. The molecule has 0 bridgehead atoms. The number of nitrogens with one attached hydrogen (secondary N) is 1. The summed E-state index contributed by atoms with van der Waals surface area (Å²) in [6.45, 7) is 2.64. The lowest BCUT2D eigenvalue weighted by atomic mass is 10.1. The lowest BCUT2D eigenvalue weighted by Gasteiger charge is -2.15. The molecule has 0 aliphatic heterocycles. The molecule has 0 spiro atoms. The van der Waals surface area contributed by atoms with Crippen LogP contribution < -0.4 is 11.1 Å². The number of hydrogen-bond acceptors (Lipinski definition) is 3. The van der Waals surface area contributed by atoms with Crippen LogP contribution in [0, 0.1) is 0 Å². The van der Waals surface area contributed by atoms with Crippen molar-refractivity contribution >= 4 is 29.7 Å². The summed E-state index contributed by atoms with van der Waals surface area (Å²) in [6.07, 6.45) is 3.20. The quantitative estimate of drug-likeness (QED) is 0.827. The average Bonchev–Trinajstić information content (AvgIpc) is 2.77. The van der Waals surface area contributed by atoms with Crippen LogP contribution in [0.25, 0.3) is 0 Å². The highest BCUT2D eigenvalue weighted by atomic mass is 35.5. The van der Waals surface area contributed by atoms with Crippen LogP contribution in [0.1, 0.15) is 35.9 Å². The van der Waals surface area contributed by atoms with Crippen molar-refractivity contribution in [3.63, 3.8) is 0 Å². The van der Waals surface area contributed by atoms with Crippen LogP contribution in [0.5, 0.6) is 0 Å². The fraction of sp³-hybridized carbons (Fsp3) is 0.545. The summed E-state index contributed by atoms with van der Waals surface area (Å²) in [6, 6.07) is 3.82. The Bertz CT molecular complexity index is 290. The summed E-state index contributed by atoms with van der Waals surface area (Å²) >= 11 is 1.45. The van der Waals surface area contributed by atoms with E-state index in [-0.39, 0.29) is 24.4 Å². The molecular weight excluding hydrogens is 244 g/mol. The third kappa shape index (κ3) is 4.96. The molecule has 3 nitrogen and oxygen atoms in total. The van der Waals surface area contributed by atoms with Crippen LogP contribution in [0.3, 0.4) is 0 Å². The van der Waals surface area contributed by atoms with Gasteiger partial charge >= 0.3 is 0 Å². The summed E-state index contributed by atoms with van der Waals surface area (Å²) in [5, 5.41) is 4.85. The molecule has 0 fully saturated rings. The summed E-state index contributed by atoms with van der Waals surface area (Å²) < 4.78 is 0. The number of rotatable bonds is 6. The van der Waals surface area contributed by atoms with E-state index in [1.54, 1.807) is 0 Å². The molecule has 1 amide bonds. The van der Waals surface area contributed by atoms with E-state index in [1.165, 1.54) is 11.3 Å². The molecule has 0 saturated carbocycles. The fourth-order valence-electron chi connectivity index (χ4n) is 1.36. The van der Waals surface area contributed by atoms with E-state index in [0.29, 0.717) is 6.54 Å². The van der Waals surface area contributed by atoms with Crippen LogP contribution in [-0.2, 0) is 0 Å². The van der Waals surface area contributed by atoms with Gasteiger partial charge in [0.2, 0.25) is 0 Å². The van der Waals surface area contributed by atoms with Gasteiger partial charge in [-0.3, -0.25) is 4.79 Å². The van der Waals surface area contributed by atoms with Crippen molar-refractivity contribution in [1.29, 1.82) is 0 Å². The molecule has 0 radical (unpaired) electrons. The third-order valence-corrected chi connectivity index (χ3v) is 3.14. The zero-order chi connectivity index (χ0) is 11.1. The first-order chi connectivity index (χ1) is 7.27. The summed E-state index contributed by atoms with van der Waals surface area (Å²) in [4.78, 5) is 12.4. The second-order valence-electron chi connectivity index (χ2n) is 3.53. The van der Waals surface area contributed by atoms with Crippen molar-refractivity contribution in [2.45, 2.75) is 32.2 Å². The first-order valence-electron chi connectivity index (χ1n) is 5.32. The number of unbranched alkanes of at least 4 members (excludes halogenated alkanes) is 1. The molecule has 0 aliphatic carbocycles. The molecule has 1 aromatic rings. The number of carbonyl (C=O) groups excluding carboxylic acids is 1. The van der Waals surface area contributed by atoms with Crippen molar-refractivity contribution in [2.75, 3.05) is 6.54 Å². The Hall–Kier alpha value is -0.580. The van der Waals surface area contributed by atoms with E-state index in [9.17, 15) is 4.79 Å². The van der Waals surface area contributed by atoms with E-state index in [2.05, 4.69) is 12.2 Å². The van der Waals surface area contributed by atoms with Gasteiger partial charge in [-0.05, 0) is 17.9 Å². The number of nitrogens with two attached hydrogens (primary N) is 1. The monoisotopic (exact) mass is 262 g/mol. The molecule has 5 heteroatoms. The predicted octanol–water partition coefficient (Wildman–Crippen LogP) is 2.42. The van der Waals surface area contributed by atoms with Crippen LogP contribution in [0.15, 0.2) is 17.5 Å². The first-order valence-corrected chi connectivity index (χ1v) is 6.20. The second kappa shape index (κ2) is 8.56. The number of halogens is 1. The van der Waals surface area contributed by atoms with Gasteiger partial charge in [0.15, 0.2) is 0 Å². The molecule has 3 N–H and O–H groups in total. The second-order valence-corrected chi connectivity index (χ2v) is 4.47. The van der Waals surface area contributed by atoms with E-state index >= 15 is 0 Å². The minimum Gasteiger partial charge on any atom is -0.347 e. The lowest BCUT2D eigenvalue weighted by molar-refractivity contribution is 0.0940. The maximum atomic E-state index is 11.7. The standard InChI is InChI=1S/C11H18N2OS.ClH/c1-2-3-5-9(8-12)13-11(14)10-6-4-7-15-10;/h4,6-7,9H,2-3,5,8,12H2,1H3,(H,13,14);1H. The number of thiophene rings is 1. The van der Waals surface area contributed by atoms with Gasteiger partial charge in [-0.1, -0.05) is 25.8 Å². The van der Waals surface area contributed by atoms with Crippen molar-refractivity contribution < 1.29 is 4.79 Å². The Morgan fingerprint density at radius 2 is 2.38 bits per heavy atom. The highest BCUT2D eigenvalue weighted by Gasteiger charge is 2.12.